The largest absolute Gasteiger partial charge is 0 e. The molecule has 0 fully saturated rings. The van der Waals surface area contributed by atoms with Gasteiger partial charge < -0.3 is 0 Å². The molecule has 0 bridgehead atoms. The fraction of sp³-hybridized carbons (Fsp3) is 0. The van der Waals surface area contributed by atoms with Crippen molar-refractivity contribution in [1.82, 2.24) is 0 Å². The summed E-state index contributed by atoms with van der Waals surface area (Å²) in [6, 6.07) is 0. The minimum Gasteiger partial charge on any atom is 0 e. The smallest absolute Gasteiger partial charge is 0 e. The molecule has 0 aliphatic carbocycles. The summed E-state index contributed by atoms with van der Waals surface area (Å²) < 4.78 is 0. The van der Waals surface area contributed by atoms with E-state index >= 15 is 0 Å². The molecule has 30 valence electrons. The van der Waals surface area contributed by atoms with Gasteiger partial charge >= 0.3 is 68.9 Å². The van der Waals surface area contributed by atoms with Crippen LogP contribution in [0, 0.1) is 0 Å². The van der Waals surface area contributed by atoms with E-state index in [4.69, 9.17) is 0 Å². The summed E-state index contributed by atoms with van der Waals surface area (Å²) in [4.78, 5) is 0. The quantitative estimate of drug-likeness (QED) is 0.401. The Kier molecular flexibility index (Phi) is 98.3. The Labute approximate surface area is 122 Å². The monoisotopic (exact) mass is 424 g/mol. The Balaban J connectivity index is 0. The molecule has 0 N–H and O–H groups in total. The van der Waals surface area contributed by atoms with Crippen LogP contribution in [0.2, 0.25) is 0 Å². The third kappa shape index (κ3) is 9.28. The van der Waals surface area contributed by atoms with E-state index in [0.717, 1.165) is 0 Å². The van der Waals surface area contributed by atoms with Crippen LogP contribution in [0.4, 0.5) is 0 Å². The molecule has 0 rings (SSSR count). The molecule has 0 aromatic rings. The third-order valence-electron chi connectivity index (χ3n) is 0. The standard InChI is InChI=1S/Al.Au.Cs.Cu.4H. The third-order valence-corrected chi connectivity index (χ3v) is 0. The molecule has 4 heteroatoms. The van der Waals surface area contributed by atoms with Gasteiger partial charge in [-0.2, -0.15) is 0 Å². The van der Waals surface area contributed by atoms with Gasteiger partial charge in [0.1, 0.15) is 0 Å². The van der Waals surface area contributed by atoms with Gasteiger partial charge in [0.15, 0.2) is 17.4 Å². The predicted octanol–water partition coefficient (Wildman–Crippen LogP) is -1.84. The van der Waals surface area contributed by atoms with Crippen molar-refractivity contribution in [2.45, 2.75) is 0 Å². The number of hydrogen-bond donors (Lipinski definition) is 0. The first-order valence-electron chi connectivity index (χ1n) is 0. The van der Waals surface area contributed by atoms with E-state index in [1.54, 1.807) is 0 Å². The molecule has 0 amide bonds. The van der Waals surface area contributed by atoms with Gasteiger partial charge in [0.2, 0.25) is 0 Å². The fourth-order valence-electron chi connectivity index (χ4n) is 0. The molecule has 4 heavy (non-hydrogen) atoms. The van der Waals surface area contributed by atoms with Crippen LogP contribution in [0.3, 0.4) is 0 Å². The minimum absolute atomic E-state index is 0. The molecule has 0 atom stereocenters. The summed E-state index contributed by atoms with van der Waals surface area (Å²) in [6.45, 7) is 0. The van der Waals surface area contributed by atoms with Gasteiger partial charge in [-0.1, -0.05) is 0 Å². The maximum absolute atomic E-state index is 0. The zero-order valence-corrected chi connectivity index (χ0v) is 3.71. The minimum atomic E-state index is 0. The van der Waals surface area contributed by atoms with Crippen molar-refractivity contribution in [1.29, 1.82) is 0 Å². The second-order valence-electron chi connectivity index (χ2n) is 0. The number of hydrogen-bond acceptors (Lipinski definition) is 0. The van der Waals surface area contributed by atoms with Crippen LogP contribution >= 0.6 is 0 Å². The first-order chi connectivity index (χ1) is 0. The van der Waals surface area contributed by atoms with E-state index in [1.165, 1.54) is 0 Å². The van der Waals surface area contributed by atoms with E-state index in [1.807, 2.05) is 0 Å². The molecule has 0 aromatic carbocycles. The van der Waals surface area contributed by atoms with Crippen molar-refractivity contribution in [2.24, 2.45) is 0 Å². The zero-order valence-electron chi connectivity index (χ0n) is 0.603. The second-order valence-corrected chi connectivity index (χ2v) is 0. The Morgan fingerprint density at radius 2 is 1.00 bits per heavy atom. The Morgan fingerprint density at radius 1 is 1.00 bits per heavy atom. The van der Waals surface area contributed by atoms with Gasteiger partial charge in [0.05, 0.1) is 0 Å². The summed E-state index contributed by atoms with van der Waals surface area (Å²) in [5.74, 6) is 0. The van der Waals surface area contributed by atoms with Crippen molar-refractivity contribution in [3.05, 3.63) is 0 Å². The molecule has 0 saturated carbocycles. The van der Waals surface area contributed by atoms with Crippen molar-refractivity contribution >= 4 is 86.3 Å². The summed E-state index contributed by atoms with van der Waals surface area (Å²) in [5, 5.41) is 0. The Bertz CT molecular complexity index is 8.00. The molecule has 0 nitrogen and oxygen atoms in total. The van der Waals surface area contributed by atoms with Crippen LogP contribution in [0.1, 0.15) is 0 Å². The van der Waals surface area contributed by atoms with Gasteiger partial charge in [-0.15, -0.1) is 0 Å². The normalized spacial score (nSPS) is 0. The van der Waals surface area contributed by atoms with E-state index in [0.29, 0.717) is 0 Å². The van der Waals surface area contributed by atoms with Crippen molar-refractivity contribution < 1.29 is 39.4 Å². The van der Waals surface area contributed by atoms with Crippen LogP contribution in [0.25, 0.3) is 0 Å². The van der Waals surface area contributed by atoms with Crippen molar-refractivity contribution in [2.75, 3.05) is 0 Å². The molecule has 0 aromatic heterocycles. The van der Waals surface area contributed by atoms with Gasteiger partial charge in [0, 0.05) is 39.4 Å². The summed E-state index contributed by atoms with van der Waals surface area (Å²) >= 11 is 0. The maximum Gasteiger partial charge on any atom is 0 e. The Hall–Kier alpha value is 3.84. The SMILES string of the molecule is [AlH3].[Au].[CsH].[Cu]. The van der Waals surface area contributed by atoms with Crippen molar-refractivity contribution in [3.8, 4) is 0 Å². The number of rotatable bonds is 0. The Morgan fingerprint density at radius 3 is 1.00 bits per heavy atom. The summed E-state index contributed by atoms with van der Waals surface area (Å²) in [7, 11) is 0. The maximum atomic E-state index is 0. The van der Waals surface area contributed by atoms with Crippen LogP contribution in [-0.2, 0) is 39.4 Å². The summed E-state index contributed by atoms with van der Waals surface area (Å²) in [5.41, 5.74) is 0. The van der Waals surface area contributed by atoms with Gasteiger partial charge in [0.25, 0.3) is 0 Å². The molecule has 0 saturated heterocycles. The van der Waals surface area contributed by atoms with Crippen molar-refractivity contribution in [3.63, 3.8) is 0 Å². The van der Waals surface area contributed by atoms with Crippen LogP contribution in [0.5, 0.6) is 0 Å². The second kappa shape index (κ2) is 15.8. The van der Waals surface area contributed by atoms with Gasteiger partial charge in [-0.3, -0.25) is 0 Å². The zero-order chi connectivity index (χ0) is 0. The average molecular weight is 424 g/mol. The molecule has 0 aliphatic rings. The van der Waals surface area contributed by atoms with Gasteiger partial charge in [-0.05, 0) is 0 Å². The predicted molar refractivity (Wildman–Crippen MR) is 17.1 cm³/mol. The first-order valence-corrected chi connectivity index (χ1v) is 0. The molecule has 0 unspecified atom stereocenters. The fourth-order valence-corrected chi connectivity index (χ4v) is 0. The summed E-state index contributed by atoms with van der Waals surface area (Å²) in [6.07, 6.45) is 0. The first kappa shape index (κ1) is 24.9. The molecule has 0 aliphatic heterocycles. The molecule has 0 heterocycles. The topological polar surface area (TPSA) is 0 Å². The van der Waals surface area contributed by atoms with E-state index in [2.05, 4.69) is 0 Å². The van der Waals surface area contributed by atoms with E-state index in [9.17, 15) is 0 Å². The van der Waals surface area contributed by atoms with Crippen LogP contribution < -0.4 is 0 Å². The van der Waals surface area contributed by atoms with E-state index < -0.39 is 0 Å². The van der Waals surface area contributed by atoms with E-state index in [-0.39, 0.29) is 126 Å². The van der Waals surface area contributed by atoms with Crippen LogP contribution in [0.15, 0.2) is 0 Å². The average Bonchev–Trinajstić information content (AvgIpc) is 0. The van der Waals surface area contributed by atoms with Gasteiger partial charge in [-0.25, -0.2) is 0 Å². The molecular formula is H4AlAuCsCu. The molecular weight excluding hydrogens is 420 g/mol. The molecule has 0 spiro atoms. The van der Waals surface area contributed by atoms with Crippen LogP contribution in [-0.4, -0.2) is 86.3 Å². The molecule has 2 radical (unpaired) electrons.